The number of nitrogens with zero attached hydrogens (tertiary/aromatic N) is 4. The minimum absolute atomic E-state index is 0.0370. The normalized spacial score (nSPS) is 15.6. The van der Waals surface area contributed by atoms with E-state index in [0.29, 0.717) is 16.9 Å². The van der Waals surface area contributed by atoms with E-state index in [1.807, 2.05) is 34.6 Å². The van der Waals surface area contributed by atoms with E-state index in [4.69, 9.17) is 0 Å². The molecule has 8 nitrogen and oxygen atoms in total. The van der Waals surface area contributed by atoms with Crippen molar-refractivity contribution in [3.05, 3.63) is 33.4 Å². The van der Waals surface area contributed by atoms with Gasteiger partial charge < -0.3 is 14.6 Å². The Kier molecular flexibility index (Phi) is 4.17. The highest BCUT2D eigenvalue weighted by Gasteiger charge is 2.37. The van der Waals surface area contributed by atoms with E-state index >= 15 is 0 Å². The largest absolute Gasteiger partial charge is 0.480 e. The summed E-state index contributed by atoms with van der Waals surface area (Å²) >= 11 is 0. The summed E-state index contributed by atoms with van der Waals surface area (Å²) in [4.78, 5) is 38.9. The zero-order chi connectivity index (χ0) is 19.4. The third-order valence-corrected chi connectivity index (χ3v) is 4.95. The van der Waals surface area contributed by atoms with Crippen LogP contribution >= 0.6 is 0 Å². The Bertz CT molecular complexity index is 964. The van der Waals surface area contributed by atoms with Crippen LogP contribution in [0.15, 0.2) is 10.9 Å². The molecule has 0 radical (unpaired) electrons. The first-order valence-electron chi connectivity index (χ1n) is 8.75. The lowest BCUT2D eigenvalue weighted by Gasteiger charge is -2.22. The van der Waals surface area contributed by atoms with Gasteiger partial charge in [0.05, 0.1) is 17.8 Å². The second kappa shape index (κ2) is 5.96. The van der Waals surface area contributed by atoms with E-state index in [-0.39, 0.29) is 35.2 Å². The Balaban J connectivity index is 2.32. The molecule has 2 aromatic rings. The smallest absolute Gasteiger partial charge is 0.323 e. The van der Waals surface area contributed by atoms with Crippen molar-refractivity contribution in [2.45, 2.75) is 65.6 Å². The average molecular weight is 360 g/mol. The molecular weight excluding hydrogens is 336 g/mol. The maximum absolute atomic E-state index is 13.0. The zero-order valence-electron chi connectivity index (χ0n) is 15.7. The van der Waals surface area contributed by atoms with E-state index in [0.717, 1.165) is 6.42 Å². The molecule has 140 valence electrons. The highest BCUT2D eigenvalue weighted by molar-refractivity contribution is 5.97. The van der Waals surface area contributed by atoms with Gasteiger partial charge in [-0.25, -0.2) is 0 Å². The Hall–Kier alpha value is -2.64. The highest BCUT2D eigenvalue weighted by atomic mass is 16.4. The molecule has 0 saturated carbocycles. The quantitative estimate of drug-likeness (QED) is 0.894. The van der Waals surface area contributed by atoms with Crippen LogP contribution in [0.1, 0.15) is 62.8 Å². The van der Waals surface area contributed by atoms with Crippen LogP contribution in [-0.4, -0.2) is 42.1 Å². The first kappa shape index (κ1) is 18.2. The summed E-state index contributed by atoms with van der Waals surface area (Å²) in [5, 5.41) is 13.8. The number of hydrogen-bond donors (Lipinski definition) is 1. The van der Waals surface area contributed by atoms with Crippen molar-refractivity contribution in [2.24, 2.45) is 0 Å². The van der Waals surface area contributed by atoms with Gasteiger partial charge in [0.25, 0.3) is 11.5 Å². The number of aromatic nitrogens is 3. The molecule has 3 heterocycles. The molecule has 0 spiro atoms. The van der Waals surface area contributed by atoms with Gasteiger partial charge >= 0.3 is 5.97 Å². The second-order valence-electron chi connectivity index (χ2n) is 7.85. The lowest BCUT2D eigenvalue weighted by atomic mass is 9.93. The van der Waals surface area contributed by atoms with Gasteiger partial charge in [-0.3, -0.25) is 14.4 Å². The van der Waals surface area contributed by atoms with Gasteiger partial charge in [-0.05, 0) is 13.3 Å². The van der Waals surface area contributed by atoms with Gasteiger partial charge in [0.2, 0.25) is 0 Å². The summed E-state index contributed by atoms with van der Waals surface area (Å²) < 4.78 is 2.64. The average Bonchev–Trinajstić information content (AvgIpc) is 3.13. The molecule has 0 saturated heterocycles. The molecule has 1 atom stereocenters. The molecule has 1 unspecified atom stereocenters. The summed E-state index contributed by atoms with van der Waals surface area (Å²) in [7, 11) is 0. The van der Waals surface area contributed by atoms with Crippen LogP contribution in [-0.2, 0) is 23.3 Å². The van der Waals surface area contributed by atoms with Crippen LogP contribution < -0.4 is 5.56 Å². The monoisotopic (exact) mass is 360 g/mol. The van der Waals surface area contributed by atoms with E-state index in [1.54, 1.807) is 11.0 Å². The van der Waals surface area contributed by atoms with E-state index in [2.05, 4.69) is 5.10 Å². The van der Waals surface area contributed by atoms with Crippen molar-refractivity contribution in [3.8, 4) is 0 Å². The summed E-state index contributed by atoms with van der Waals surface area (Å²) in [6, 6.07) is 1.66. The van der Waals surface area contributed by atoms with Crippen molar-refractivity contribution in [1.29, 1.82) is 0 Å². The number of carbonyl (C=O) groups is 2. The molecule has 0 fully saturated rings. The minimum Gasteiger partial charge on any atom is -0.480 e. The third kappa shape index (κ3) is 2.69. The maximum atomic E-state index is 13.0. The Morgan fingerprint density at radius 1 is 1.35 bits per heavy atom. The number of hydrogen-bond acceptors (Lipinski definition) is 4. The van der Waals surface area contributed by atoms with Crippen LogP contribution in [0.25, 0.3) is 5.65 Å². The fourth-order valence-electron chi connectivity index (χ4n) is 3.22. The molecule has 0 bridgehead atoms. The molecule has 1 amide bonds. The van der Waals surface area contributed by atoms with Gasteiger partial charge in [-0.15, -0.1) is 0 Å². The van der Waals surface area contributed by atoms with Crippen LogP contribution in [0.2, 0.25) is 0 Å². The molecule has 1 N–H and O–H groups in total. The van der Waals surface area contributed by atoms with Crippen molar-refractivity contribution >= 4 is 17.5 Å². The Labute approximate surface area is 151 Å². The predicted molar refractivity (Wildman–Crippen MR) is 95.4 cm³/mol. The topological polar surface area (TPSA) is 96.9 Å². The van der Waals surface area contributed by atoms with Crippen LogP contribution in [0, 0.1) is 0 Å². The molecule has 26 heavy (non-hydrogen) atoms. The van der Waals surface area contributed by atoms with Crippen LogP contribution in [0.3, 0.4) is 0 Å². The fourth-order valence-corrected chi connectivity index (χ4v) is 3.22. The van der Waals surface area contributed by atoms with Gasteiger partial charge in [0.15, 0.2) is 0 Å². The number of amides is 1. The molecular formula is C18H24N4O4. The Morgan fingerprint density at radius 2 is 2.00 bits per heavy atom. The van der Waals surface area contributed by atoms with Crippen molar-refractivity contribution in [3.63, 3.8) is 0 Å². The SMILES string of the molecule is CCC(C)N1Cc2c(n(CC(=O)O)c3cc(C(C)(C)C)nn3c2=O)C1=O. The number of rotatable bonds is 4. The van der Waals surface area contributed by atoms with Gasteiger partial charge in [0, 0.05) is 17.5 Å². The van der Waals surface area contributed by atoms with E-state index < -0.39 is 12.5 Å². The number of fused-ring (bicyclic) bond motifs is 2. The summed E-state index contributed by atoms with van der Waals surface area (Å²) in [5.74, 6) is -1.38. The standard InChI is InChI=1S/C18H24N4O4/c1-6-10(2)20-8-11-15(17(20)26)21(9-14(23)24)13-7-12(18(3,4)5)19-22(13)16(11)25/h7,10H,6,8-9H2,1-5H3,(H,23,24). The molecule has 0 aromatic carbocycles. The van der Waals surface area contributed by atoms with Crippen molar-refractivity contribution in [2.75, 3.05) is 0 Å². The number of carboxylic acids is 1. The highest BCUT2D eigenvalue weighted by Crippen LogP contribution is 2.27. The third-order valence-electron chi connectivity index (χ3n) is 4.95. The Morgan fingerprint density at radius 3 is 2.54 bits per heavy atom. The number of carboxylic acid groups (broad SMARTS) is 1. The minimum atomic E-state index is -1.08. The molecule has 8 heteroatoms. The number of aliphatic carboxylic acids is 1. The van der Waals surface area contributed by atoms with Crippen LogP contribution in [0.4, 0.5) is 0 Å². The summed E-state index contributed by atoms with van der Waals surface area (Å²) in [6.07, 6.45) is 0.748. The van der Waals surface area contributed by atoms with Crippen LogP contribution in [0.5, 0.6) is 0 Å². The lowest BCUT2D eigenvalue weighted by Crippen LogP contribution is -2.33. The molecule has 1 aliphatic heterocycles. The van der Waals surface area contributed by atoms with Gasteiger partial charge in [0.1, 0.15) is 17.9 Å². The first-order valence-corrected chi connectivity index (χ1v) is 8.75. The van der Waals surface area contributed by atoms with Gasteiger partial charge in [-0.1, -0.05) is 27.7 Å². The van der Waals surface area contributed by atoms with E-state index in [9.17, 15) is 19.5 Å². The second-order valence-corrected chi connectivity index (χ2v) is 7.85. The van der Waals surface area contributed by atoms with Crippen molar-refractivity contribution < 1.29 is 14.7 Å². The van der Waals surface area contributed by atoms with Crippen molar-refractivity contribution in [1.82, 2.24) is 19.1 Å². The summed E-state index contributed by atoms with van der Waals surface area (Å²) in [5.41, 5.74) is 0.824. The molecule has 3 rings (SSSR count). The molecule has 1 aliphatic rings. The molecule has 0 aliphatic carbocycles. The first-order chi connectivity index (χ1) is 12.1. The van der Waals surface area contributed by atoms with E-state index in [1.165, 1.54) is 9.08 Å². The predicted octanol–water partition coefficient (Wildman–Crippen LogP) is 1.63. The lowest BCUT2D eigenvalue weighted by molar-refractivity contribution is -0.137. The number of carbonyl (C=O) groups excluding carboxylic acids is 1. The maximum Gasteiger partial charge on any atom is 0.323 e. The summed E-state index contributed by atoms with van der Waals surface area (Å²) in [6.45, 7) is 9.55. The molecule has 2 aromatic heterocycles. The fraction of sp³-hybridized carbons (Fsp3) is 0.556. The van der Waals surface area contributed by atoms with Gasteiger partial charge in [-0.2, -0.15) is 9.61 Å². The zero-order valence-corrected chi connectivity index (χ0v) is 15.7.